The lowest BCUT2D eigenvalue weighted by Gasteiger charge is -2.19. The monoisotopic (exact) mass is 505 g/mol. The summed E-state index contributed by atoms with van der Waals surface area (Å²) in [6.07, 6.45) is 0.919. The van der Waals surface area contributed by atoms with Crippen LogP contribution in [-0.2, 0) is 6.54 Å². The summed E-state index contributed by atoms with van der Waals surface area (Å²) in [6.45, 7) is 6.58. The molecule has 0 spiro atoms. The molecule has 0 radical (unpaired) electrons. The van der Waals surface area contributed by atoms with Gasteiger partial charge >= 0.3 is 0 Å². The molecule has 150 valence electrons. The van der Waals surface area contributed by atoms with Crippen LogP contribution < -0.4 is 15.5 Å². The molecule has 0 atom stereocenters. The summed E-state index contributed by atoms with van der Waals surface area (Å²) in [5, 5.41) is 9.76. The second-order valence-electron chi connectivity index (χ2n) is 6.43. The fourth-order valence-corrected chi connectivity index (χ4v) is 3.31. The van der Waals surface area contributed by atoms with Crippen molar-refractivity contribution in [3.8, 4) is 0 Å². The van der Waals surface area contributed by atoms with Crippen molar-refractivity contribution >= 4 is 47.0 Å². The summed E-state index contributed by atoms with van der Waals surface area (Å²) in [5.74, 6) is 1.01. The van der Waals surface area contributed by atoms with Crippen LogP contribution >= 0.6 is 35.3 Å². The zero-order valence-corrected chi connectivity index (χ0v) is 19.5. The Morgan fingerprint density at radius 2 is 2.11 bits per heavy atom. The zero-order valence-electron chi connectivity index (χ0n) is 16.3. The number of aliphatic imine (C=N–C) groups is 1. The first-order chi connectivity index (χ1) is 12.5. The molecule has 8 heteroatoms. The maximum absolute atomic E-state index is 13.3. The number of nitrogens with one attached hydrogen (secondary N) is 2. The second-order valence-corrected chi connectivity index (χ2v) is 7.37. The number of hydrogen-bond donors (Lipinski definition) is 2. The van der Waals surface area contributed by atoms with Crippen molar-refractivity contribution in [1.82, 2.24) is 15.6 Å². The van der Waals surface area contributed by atoms with Crippen LogP contribution in [0, 0.1) is 5.82 Å². The van der Waals surface area contributed by atoms with Crippen LogP contribution in [0.25, 0.3) is 0 Å². The number of aromatic nitrogens is 1. The Morgan fingerprint density at radius 3 is 2.74 bits per heavy atom. The van der Waals surface area contributed by atoms with E-state index >= 15 is 0 Å². The summed E-state index contributed by atoms with van der Waals surface area (Å²) in [5.41, 5.74) is 2.02. The lowest BCUT2D eigenvalue weighted by molar-refractivity contribution is 0.626. The molecule has 1 aromatic heterocycles. The number of guanidine groups is 1. The normalized spacial score (nSPS) is 11.3. The Hall–Kier alpha value is -1.42. The van der Waals surface area contributed by atoms with Gasteiger partial charge in [-0.2, -0.15) is 0 Å². The van der Waals surface area contributed by atoms with E-state index in [-0.39, 0.29) is 29.8 Å². The predicted molar refractivity (Wildman–Crippen MR) is 124 cm³/mol. The minimum absolute atomic E-state index is 0. The quantitative estimate of drug-likeness (QED) is 0.244. The largest absolute Gasteiger partial charge is 0.374 e. The maximum atomic E-state index is 13.3. The summed E-state index contributed by atoms with van der Waals surface area (Å²) in [4.78, 5) is 10.9. The highest BCUT2D eigenvalue weighted by atomic mass is 127. The molecular weight excluding hydrogens is 476 g/mol. The van der Waals surface area contributed by atoms with Crippen molar-refractivity contribution in [3.05, 3.63) is 46.2 Å². The first-order valence-electron chi connectivity index (χ1n) is 8.85. The molecule has 0 amide bonds. The molecule has 2 rings (SSSR count). The molecule has 1 heterocycles. The molecule has 0 bridgehead atoms. The van der Waals surface area contributed by atoms with E-state index < -0.39 is 0 Å². The van der Waals surface area contributed by atoms with Crippen LogP contribution in [0.3, 0.4) is 0 Å². The van der Waals surface area contributed by atoms with Gasteiger partial charge < -0.3 is 15.5 Å². The third-order valence-electron chi connectivity index (χ3n) is 4.00. The number of halogens is 2. The molecule has 1 aromatic carbocycles. The Morgan fingerprint density at radius 1 is 1.33 bits per heavy atom. The van der Waals surface area contributed by atoms with E-state index in [1.807, 2.05) is 18.0 Å². The molecule has 2 aromatic rings. The molecule has 0 aliphatic heterocycles. The standard InChI is InChI=1S/C19H28FN5S.HI/c1-14(2)17-13-26-18(24-17)12-23-19(21-3)22-9-6-10-25(4)16-8-5-7-15(20)11-16;/h5,7-8,11,13-14H,6,9-10,12H2,1-4H3,(H2,21,22,23);1H. The van der Waals surface area contributed by atoms with Gasteiger partial charge in [-0.15, -0.1) is 35.3 Å². The van der Waals surface area contributed by atoms with Gasteiger partial charge in [0.05, 0.1) is 12.2 Å². The van der Waals surface area contributed by atoms with Gasteiger partial charge in [-0.3, -0.25) is 4.99 Å². The van der Waals surface area contributed by atoms with Crippen molar-refractivity contribution < 1.29 is 4.39 Å². The Bertz CT molecular complexity index is 720. The lowest BCUT2D eigenvalue weighted by atomic mass is 10.2. The number of rotatable bonds is 8. The van der Waals surface area contributed by atoms with E-state index in [4.69, 9.17) is 0 Å². The third kappa shape index (κ3) is 8.00. The van der Waals surface area contributed by atoms with E-state index in [9.17, 15) is 4.39 Å². The average Bonchev–Trinajstić information content (AvgIpc) is 3.10. The summed E-state index contributed by atoms with van der Waals surface area (Å²) >= 11 is 1.67. The highest BCUT2D eigenvalue weighted by molar-refractivity contribution is 14.0. The van der Waals surface area contributed by atoms with Gasteiger partial charge in [-0.05, 0) is 30.5 Å². The van der Waals surface area contributed by atoms with Crippen LogP contribution in [0.5, 0.6) is 0 Å². The minimum atomic E-state index is -0.208. The van der Waals surface area contributed by atoms with E-state index in [1.165, 1.54) is 6.07 Å². The molecule has 0 saturated heterocycles. The van der Waals surface area contributed by atoms with Crippen molar-refractivity contribution in [2.24, 2.45) is 4.99 Å². The van der Waals surface area contributed by atoms with Crippen LogP contribution in [0.15, 0.2) is 34.6 Å². The fourth-order valence-electron chi connectivity index (χ4n) is 2.42. The predicted octanol–water partition coefficient (Wildman–Crippen LogP) is 4.22. The molecular formula is C19H29FIN5S. The average molecular weight is 505 g/mol. The van der Waals surface area contributed by atoms with Crippen molar-refractivity contribution in [3.63, 3.8) is 0 Å². The second kappa shape index (κ2) is 12.1. The van der Waals surface area contributed by atoms with E-state index in [2.05, 4.69) is 39.8 Å². The van der Waals surface area contributed by atoms with E-state index in [1.54, 1.807) is 30.5 Å². The Labute approximate surface area is 182 Å². The molecule has 0 aliphatic rings. The molecule has 0 unspecified atom stereocenters. The third-order valence-corrected chi connectivity index (χ3v) is 4.87. The smallest absolute Gasteiger partial charge is 0.191 e. The van der Waals surface area contributed by atoms with Gasteiger partial charge in [0, 0.05) is 38.3 Å². The van der Waals surface area contributed by atoms with E-state index in [0.717, 1.165) is 41.9 Å². The van der Waals surface area contributed by atoms with Crippen molar-refractivity contribution in [2.45, 2.75) is 32.7 Å². The van der Waals surface area contributed by atoms with Crippen LogP contribution in [0.4, 0.5) is 10.1 Å². The van der Waals surface area contributed by atoms with Gasteiger partial charge in [-0.1, -0.05) is 19.9 Å². The zero-order chi connectivity index (χ0) is 18.9. The van der Waals surface area contributed by atoms with Gasteiger partial charge in [-0.25, -0.2) is 9.37 Å². The molecule has 5 nitrogen and oxygen atoms in total. The van der Waals surface area contributed by atoms with Gasteiger partial charge in [0.1, 0.15) is 10.8 Å². The van der Waals surface area contributed by atoms with Gasteiger partial charge in [0.15, 0.2) is 5.96 Å². The molecule has 0 saturated carbocycles. The van der Waals surface area contributed by atoms with Crippen LogP contribution in [-0.4, -0.2) is 38.1 Å². The molecule has 0 fully saturated rings. The first-order valence-corrected chi connectivity index (χ1v) is 9.73. The molecule has 2 N–H and O–H groups in total. The summed E-state index contributed by atoms with van der Waals surface area (Å²) in [6, 6.07) is 6.65. The molecule has 27 heavy (non-hydrogen) atoms. The lowest BCUT2D eigenvalue weighted by Crippen LogP contribution is -2.38. The van der Waals surface area contributed by atoms with Crippen molar-refractivity contribution in [1.29, 1.82) is 0 Å². The highest BCUT2D eigenvalue weighted by Gasteiger charge is 2.06. The van der Waals surface area contributed by atoms with E-state index in [0.29, 0.717) is 12.5 Å². The Balaban J connectivity index is 0.00000364. The Kier molecular flexibility index (Phi) is 10.6. The van der Waals surface area contributed by atoms with Crippen LogP contribution in [0.1, 0.15) is 36.9 Å². The fraction of sp³-hybridized carbons (Fsp3) is 0.474. The number of benzene rings is 1. The summed E-state index contributed by atoms with van der Waals surface area (Å²) < 4.78 is 13.3. The van der Waals surface area contributed by atoms with Crippen LogP contribution in [0.2, 0.25) is 0 Å². The summed E-state index contributed by atoms with van der Waals surface area (Å²) in [7, 11) is 3.73. The molecule has 0 aliphatic carbocycles. The maximum Gasteiger partial charge on any atom is 0.191 e. The SMILES string of the molecule is CN=C(NCCCN(C)c1cccc(F)c1)NCc1nc(C(C)C)cs1.I. The number of thiazole rings is 1. The number of anilines is 1. The minimum Gasteiger partial charge on any atom is -0.374 e. The number of nitrogens with zero attached hydrogens (tertiary/aromatic N) is 3. The topological polar surface area (TPSA) is 52.6 Å². The van der Waals surface area contributed by atoms with Crippen molar-refractivity contribution in [2.75, 3.05) is 32.1 Å². The number of hydrogen-bond acceptors (Lipinski definition) is 4. The highest BCUT2D eigenvalue weighted by Crippen LogP contribution is 2.17. The first kappa shape index (κ1) is 23.6. The van der Waals surface area contributed by atoms with Gasteiger partial charge in [0.2, 0.25) is 0 Å². The van der Waals surface area contributed by atoms with Gasteiger partial charge in [0.25, 0.3) is 0 Å².